The molecule has 2 amide bonds. The third-order valence-corrected chi connectivity index (χ3v) is 6.52. The number of amides is 2. The summed E-state index contributed by atoms with van der Waals surface area (Å²) in [5.74, 6) is -1.25. The molecule has 7 heteroatoms. The van der Waals surface area contributed by atoms with Crippen molar-refractivity contribution in [3.8, 4) is 0 Å². The van der Waals surface area contributed by atoms with Gasteiger partial charge >= 0.3 is 0 Å². The number of nitrogens with one attached hydrogen (secondary N) is 1. The van der Waals surface area contributed by atoms with Gasteiger partial charge in [0, 0.05) is 6.42 Å². The Morgan fingerprint density at radius 1 is 1.29 bits per heavy atom. The average Bonchev–Trinajstić information content (AvgIpc) is 2.96. The lowest BCUT2D eigenvalue weighted by Gasteiger charge is -2.21. The van der Waals surface area contributed by atoms with Crippen molar-refractivity contribution < 1.29 is 18.0 Å². The van der Waals surface area contributed by atoms with E-state index in [1.54, 1.807) is 0 Å². The lowest BCUT2D eigenvalue weighted by Crippen LogP contribution is -2.48. The zero-order valence-electron chi connectivity index (χ0n) is 12.8. The van der Waals surface area contributed by atoms with Gasteiger partial charge in [0.1, 0.15) is 6.04 Å². The number of carbonyl (C=O) groups excluding carboxylic acids is 2. The van der Waals surface area contributed by atoms with Gasteiger partial charge in [0.15, 0.2) is 9.84 Å². The molecule has 0 aromatic heterocycles. The third kappa shape index (κ3) is 5.30. The summed E-state index contributed by atoms with van der Waals surface area (Å²) in [6, 6.07) is -0.739. The molecule has 2 unspecified atom stereocenters. The summed E-state index contributed by atoms with van der Waals surface area (Å²) in [6.45, 7) is 3.72. The number of hydrogen-bond donors (Lipinski definition) is 2. The lowest BCUT2D eigenvalue weighted by atomic mass is 9.98. The molecule has 0 saturated heterocycles. The Bertz CT molecular complexity index is 469. The minimum Gasteiger partial charge on any atom is -0.368 e. The summed E-state index contributed by atoms with van der Waals surface area (Å²) in [5.41, 5.74) is 5.27. The Labute approximate surface area is 126 Å². The molecule has 1 fully saturated rings. The van der Waals surface area contributed by atoms with Crippen LogP contribution >= 0.6 is 0 Å². The SMILES string of the molecule is CCC(C)C(NC(=O)CCS(=O)(=O)C1CCCC1)C(N)=O. The molecule has 0 radical (unpaired) electrons. The van der Waals surface area contributed by atoms with Gasteiger partial charge in [-0.1, -0.05) is 33.1 Å². The molecule has 1 aliphatic carbocycles. The fourth-order valence-electron chi connectivity index (χ4n) is 2.62. The Hall–Kier alpha value is -1.11. The number of sulfone groups is 1. The average molecular weight is 318 g/mol. The van der Waals surface area contributed by atoms with Crippen LogP contribution in [0.5, 0.6) is 0 Å². The van der Waals surface area contributed by atoms with Crippen molar-refractivity contribution >= 4 is 21.7 Å². The van der Waals surface area contributed by atoms with Gasteiger partial charge in [-0.05, 0) is 18.8 Å². The highest BCUT2D eigenvalue weighted by Crippen LogP contribution is 2.25. The van der Waals surface area contributed by atoms with Crippen molar-refractivity contribution in [1.82, 2.24) is 5.32 Å². The Balaban J connectivity index is 2.51. The minimum atomic E-state index is -3.21. The highest BCUT2D eigenvalue weighted by molar-refractivity contribution is 7.92. The summed E-state index contributed by atoms with van der Waals surface area (Å²) >= 11 is 0. The number of rotatable bonds is 8. The molecule has 122 valence electrons. The maximum Gasteiger partial charge on any atom is 0.240 e. The first-order valence-electron chi connectivity index (χ1n) is 7.58. The molecule has 6 nitrogen and oxygen atoms in total. The second kappa shape index (κ2) is 7.77. The summed E-state index contributed by atoms with van der Waals surface area (Å²) < 4.78 is 24.2. The van der Waals surface area contributed by atoms with Crippen molar-refractivity contribution in [2.45, 2.75) is 63.7 Å². The molecule has 0 spiro atoms. The van der Waals surface area contributed by atoms with E-state index < -0.39 is 27.7 Å². The van der Waals surface area contributed by atoms with E-state index in [4.69, 9.17) is 5.73 Å². The molecule has 0 aliphatic heterocycles. The third-order valence-electron chi connectivity index (χ3n) is 4.26. The van der Waals surface area contributed by atoms with Crippen LogP contribution in [0.3, 0.4) is 0 Å². The predicted octanol–water partition coefficient (Wildman–Crippen LogP) is 0.750. The Morgan fingerprint density at radius 2 is 1.86 bits per heavy atom. The number of hydrogen-bond acceptors (Lipinski definition) is 4. The summed E-state index contributed by atoms with van der Waals surface area (Å²) in [6.07, 6.45) is 3.86. The highest BCUT2D eigenvalue weighted by Gasteiger charge is 2.30. The normalized spacial score (nSPS) is 19.1. The topological polar surface area (TPSA) is 106 Å². The molecular weight excluding hydrogens is 292 g/mol. The number of primary amides is 1. The molecular formula is C14H26N2O4S. The van der Waals surface area contributed by atoms with Crippen LogP contribution in [-0.2, 0) is 19.4 Å². The van der Waals surface area contributed by atoms with Gasteiger partial charge < -0.3 is 11.1 Å². The maximum absolute atomic E-state index is 12.1. The van der Waals surface area contributed by atoms with Crippen molar-refractivity contribution in [2.24, 2.45) is 11.7 Å². The van der Waals surface area contributed by atoms with Crippen LogP contribution in [0.2, 0.25) is 0 Å². The Kier molecular flexibility index (Phi) is 6.64. The quantitative estimate of drug-likeness (QED) is 0.688. The molecule has 0 aromatic rings. The molecule has 3 N–H and O–H groups in total. The lowest BCUT2D eigenvalue weighted by molar-refractivity contribution is -0.128. The van der Waals surface area contributed by atoms with Crippen molar-refractivity contribution in [3.05, 3.63) is 0 Å². The second-order valence-electron chi connectivity index (χ2n) is 5.86. The van der Waals surface area contributed by atoms with E-state index in [0.29, 0.717) is 19.3 Å². The van der Waals surface area contributed by atoms with Gasteiger partial charge in [-0.15, -0.1) is 0 Å². The monoisotopic (exact) mass is 318 g/mol. The summed E-state index contributed by atoms with van der Waals surface area (Å²) in [4.78, 5) is 23.2. The first kappa shape index (κ1) is 17.9. The molecule has 21 heavy (non-hydrogen) atoms. The zero-order chi connectivity index (χ0) is 16.0. The molecule has 1 rings (SSSR count). The minimum absolute atomic E-state index is 0.0714. The summed E-state index contributed by atoms with van der Waals surface area (Å²) in [7, 11) is -3.21. The van der Waals surface area contributed by atoms with E-state index in [9.17, 15) is 18.0 Å². The predicted molar refractivity (Wildman–Crippen MR) is 81.2 cm³/mol. The molecule has 2 atom stereocenters. The fourth-order valence-corrected chi connectivity index (χ4v) is 4.48. The van der Waals surface area contributed by atoms with Crippen LogP contribution in [0.1, 0.15) is 52.4 Å². The molecule has 0 heterocycles. The summed E-state index contributed by atoms with van der Waals surface area (Å²) in [5, 5.41) is 2.25. The maximum atomic E-state index is 12.1. The second-order valence-corrected chi connectivity index (χ2v) is 8.26. The molecule has 0 bridgehead atoms. The van der Waals surface area contributed by atoms with Crippen LogP contribution in [0.15, 0.2) is 0 Å². The first-order valence-corrected chi connectivity index (χ1v) is 9.29. The van der Waals surface area contributed by atoms with Crippen LogP contribution in [0.25, 0.3) is 0 Å². The van der Waals surface area contributed by atoms with Gasteiger partial charge in [-0.2, -0.15) is 0 Å². The fraction of sp³-hybridized carbons (Fsp3) is 0.857. The van der Waals surface area contributed by atoms with Gasteiger partial charge in [0.25, 0.3) is 0 Å². The smallest absolute Gasteiger partial charge is 0.240 e. The van der Waals surface area contributed by atoms with Crippen LogP contribution in [0, 0.1) is 5.92 Å². The Morgan fingerprint density at radius 3 is 2.33 bits per heavy atom. The van der Waals surface area contributed by atoms with Gasteiger partial charge in [-0.25, -0.2) is 8.42 Å². The molecule has 1 aliphatic rings. The zero-order valence-corrected chi connectivity index (χ0v) is 13.6. The van der Waals surface area contributed by atoms with Gasteiger partial charge in [0.2, 0.25) is 11.8 Å². The van der Waals surface area contributed by atoms with E-state index in [-0.39, 0.29) is 23.3 Å². The van der Waals surface area contributed by atoms with E-state index in [2.05, 4.69) is 5.32 Å². The molecule has 1 saturated carbocycles. The number of carbonyl (C=O) groups is 2. The van der Waals surface area contributed by atoms with Gasteiger partial charge in [-0.3, -0.25) is 9.59 Å². The van der Waals surface area contributed by atoms with E-state index in [1.165, 1.54) is 0 Å². The van der Waals surface area contributed by atoms with Crippen LogP contribution < -0.4 is 11.1 Å². The van der Waals surface area contributed by atoms with Crippen molar-refractivity contribution in [2.75, 3.05) is 5.75 Å². The largest absolute Gasteiger partial charge is 0.368 e. The van der Waals surface area contributed by atoms with Crippen molar-refractivity contribution in [1.29, 1.82) is 0 Å². The standard InChI is InChI=1S/C14H26N2O4S/c1-3-10(2)13(14(15)18)16-12(17)8-9-21(19,20)11-6-4-5-7-11/h10-11,13H,3-9H2,1-2H3,(H2,15,18)(H,16,17). The van der Waals surface area contributed by atoms with Crippen LogP contribution in [-0.4, -0.2) is 37.3 Å². The first-order chi connectivity index (χ1) is 9.77. The van der Waals surface area contributed by atoms with Crippen LogP contribution in [0.4, 0.5) is 0 Å². The van der Waals surface area contributed by atoms with Crippen molar-refractivity contribution in [3.63, 3.8) is 0 Å². The molecule has 0 aromatic carbocycles. The van der Waals surface area contributed by atoms with E-state index >= 15 is 0 Å². The van der Waals surface area contributed by atoms with Gasteiger partial charge in [0.05, 0.1) is 11.0 Å². The van der Waals surface area contributed by atoms with E-state index in [1.807, 2.05) is 13.8 Å². The number of nitrogens with two attached hydrogens (primary N) is 1. The highest BCUT2D eigenvalue weighted by atomic mass is 32.2. The van der Waals surface area contributed by atoms with E-state index in [0.717, 1.165) is 12.8 Å².